The highest BCUT2D eigenvalue weighted by Crippen LogP contribution is 2.27. The predicted molar refractivity (Wildman–Crippen MR) is 81.1 cm³/mol. The molecule has 0 amide bonds. The molecule has 0 bridgehead atoms. The van der Waals surface area contributed by atoms with Crippen molar-refractivity contribution in [1.82, 2.24) is 10.3 Å². The Hall–Kier alpha value is -0.890. The summed E-state index contributed by atoms with van der Waals surface area (Å²) in [7, 11) is 0. The topological polar surface area (TPSA) is 24.9 Å². The van der Waals surface area contributed by atoms with Gasteiger partial charge in [-0.05, 0) is 49.8 Å². The Morgan fingerprint density at radius 3 is 2.74 bits per heavy atom. The first kappa shape index (κ1) is 14.5. The third-order valence-electron chi connectivity index (χ3n) is 4.48. The van der Waals surface area contributed by atoms with E-state index in [1.165, 1.54) is 50.5 Å². The van der Waals surface area contributed by atoms with Gasteiger partial charge in [0.25, 0.3) is 0 Å². The molecule has 0 spiro atoms. The summed E-state index contributed by atoms with van der Waals surface area (Å²) in [6, 6.07) is 5.38. The zero-order chi connectivity index (χ0) is 13.5. The summed E-state index contributed by atoms with van der Waals surface area (Å²) in [4.78, 5) is 4.09. The van der Waals surface area contributed by atoms with E-state index in [4.69, 9.17) is 0 Å². The molecule has 1 heterocycles. The van der Waals surface area contributed by atoms with Gasteiger partial charge in [0, 0.05) is 24.5 Å². The maximum absolute atomic E-state index is 4.09. The van der Waals surface area contributed by atoms with E-state index in [0.717, 1.165) is 5.92 Å². The highest BCUT2D eigenvalue weighted by Gasteiger charge is 2.19. The van der Waals surface area contributed by atoms with Crippen LogP contribution in [-0.4, -0.2) is 11.0 Å². The largest absolute Gasteiger partial charge is 0.307 e. The molecule has 2 nitrogen and oxygen atoms in total. The van der Waals surface area contributed by atoms with E-state index in [0.29, 0.717) is 12.1 Å². The van der Waals surface area contributed by atoms with Gasteiger partial charge in [0.1, 0.15) is 0 Å². The molecule has 0 radical (unpaired) electrons. The average Bonchev–Trinajstić information content (AvgIpc) is 2.66. The molecule has 3 atom stereocenters. The van der Waals surface area contributed by atoms with E-state index >= 15 is 0 Å². The van der Waals surface area contributed by atoms with Gasteiger partial charge in [0.05, 0.1) is 0 Å². The van der Waals surface area contributed by atoms with E-state index in [-0.39, 0.29) is 0 Å². The van der Waals surface area contributed by atoms with Crippen LogP contribution in [0.5, 0.6) is 0 Å². The van der Waals surface area contributed by atoms with Crippen LogP contribution in [0.2, 0.25) is 0 Å². The first-order valence-electron chi connectivity index (χ1n) is 7.95. The van der Waals surface area contributed by atoms with Crippen molar-refractivity contribution in [2.75, 3.05) is 0 Å². The molecule has 106 valence electrons. The smallest absolute Gasteiger partial charge is 0.0295 e. The third kappa shape index (κ3) is 4.61. The molecule has 2 rings (SSSR count). The number of hydrogen-bond acceptors (Lipinski definition) is 2. The molecule has 1 aliphatic carbocycles. The van der Waals surface area contributed by atoms with Crippen LogP contribution in [0, 0.1) is 5.92 Å². The lowest BCUT2D eigenvalue weighted by Gasteiger charge is -2.22. The van der Waals surface area contributed by atoms with E-state index in [1.807, 2.05) is 12.4 Å². The van der Waals surface area contributed by atoms with Gasteiger partial charge in [0.2, 0.25) is 0 Å². The van der Waals surface area contributed by atoms with Crippen molar-refractivity contribution in [3.8, 4) is 0 Å². The first-order valence-corrected chi connectivity index (χ1v) is 7.95. The second-order valence-electron chi connectivity index (χ2n) is 6.03. The SMILES string of the molecule is CCCC1CCCC(N[C@@H](C)c2ccncc2)CC1. The number of rotatable bonds is 5. The van der Waals surface area contributed by atoms with Gasteiger partial charge >= 0.3 is 0 Å². The van der Waals surface area contributed by atoms with E-state index in [2.05, 4.69) is 36.3 Å². The van der Waals surface area contributed by atoms with Crippen LogP contribution in [0.3, 0.4) is 0 Å². The highest BCUT2D eigenvalue weighted by atomic mass is 14.9. The van der Waals surface area contributed by atoms with Crippen LogP contribution < -0.4 is 5.32 Å². The summed E-state index contributed by atoms with van der Waals surface area (Å²) in [5, 5.41) is 3.81. The molecule has 1 aliphatic rings. The van der Waals surface area contributed by atoms with Crippen LogP contribution in [0.15, 0.2) is 24.5 Å². The van der Waals surface area contributed by atoms with Crippen LogP contribution in [0.1, 0.15) is 70.4 Å². The van der Waals surface area contributed by atoms with Crippen LogP contribution in [0.25, 0.3) is 0 Å². The van der Waals surface area contributed by atoms with Gasteiger partial charge < -0.3 is 5.32 Å². The Morgan fingerprint density at radius 2 is 2.00 bits per heavy atom. The van der Waals surface area contributed by atoms with E-state index in [1.54, 1.807) is 0 Å². The molecule has 1 saturated carbocycles. The Kier molecular flexibility index (Phi) is 5.84. The van der Waals surface area contributed by atoms with Crippen molar-refractivity contribution >= 4 is 0 Å². The zero-order valence-electron chi connectivity index (χ0n) is 12.4. The Morgan fingerprint density at radius 1 is 1.21 bits per heavy atom. The molecular weight excluding hydrogens is 232 g/mol. The number of pyridine rings is 1. The molecule has 0 aliphatic heterocycles. The maximum Gasteiger partial charge on any atom is 0.0295 e. The first-order chi connectivity index (χ1) is 9.29. The van der Waals surface area contributed by atoms with Crippen molar-refractivity contribution in [3.63, 3.8) is 0 Å². The predicted octanol–water partition coefficient (Wildman–Crippen LogP) is 4.48. The normalized spacial score (nSPS) is 25.8. The van der Waals surface area contributed by atoms with Crippen molar-refractivity contribution in [3.05, 3.63) is 30.1 Å². The van der Waals surface area contributed by atoms with Gasteiger partial charge in [-0.2, -0.15) is 0 Å². The monoisotopic (exact) mass is 260 g/mol. The van der Waals surface area contributed by atoms with Crippen LogP contribution >= 0.6 is 0 Å². The fourth-order valence-corrected chi connectivity index (χ4v) is 3.34. The summed E-state index contributed by atoms with van der Waals surface area (Å²) >= 11 is 0. The summed E-state index contributed by atoms with van der Waals surface area (Å²) in [5.41, 5.74) is 1.35. The molecule has 0 saturated heterocycles. The minimum absolute atomic E-state index is 0.440. The standard InChI is InChI=1S/C17H28N2/c1-3-5-15-6-4-7-17(9-8-15)19-14(2)16-10-12-18-13-11-16/h10-15,17,19H,3-9H2,1-2H3/t14-,15?,17?/m0/s1. The lowest BCUT2D eigenvalue weighted by atomic mass is 9.95. The molecule has 1 aromatic rings. The number of aromatic nitrogens is 1. The summed E-state index contributed by atoms with van der Waals surface area (Å²) in [6.45, 7) is 4.58. The van der Waals surface area contributed by atoms with Gasteiger partial charge in [-0.25, -0.2) is 0 Å². The third-order valence-corrected chi connectivity index (χ3v) is 4.48. The van der Waals surface area contributed by atoms with Crippen molar-refractivity contribution in [2.45, 2.75) is 70.9 Å². The second-order valence-corrected chi connectivity index (χ2v) is 6.03. The summed E-state index contributed by atoms with van der Waals surface area (Å²) in [5.74, 6) is 0.980. The average molecular weight is 260 g/mol. The molecule has 2 heteroatoms. The van der Waals surface area contributed by atoms with Gasteiger partial charge in [0.15, 0.2) is 0 Å². The maximum atomic E-state index is 4.09. The number of nitrogens with zero attached hydrogens (tertiary/aromatic N) is 1. The molecule has 1 fully saturated rings. The summed E-state index contributed by atoms with van der Waals surface area (Å²) in [6.07, 6.45) is 13.5. The molecule has 1 N–H and O–H groups in total. The minimum atomic E-state index is 0.440. The fraction of sp³-hybridized carbons (Fsp3) is 0.706. The highest BCUT2D eigenvalue weighted by molar-refractivity contribution is 5.14. The molecule has 19 heavy (non-hydrogen) atoms. The second kappa shape index (κ2) is 7.64. The van der Waals surface area contributed by atoms with Crippen molar-refractivity contribution in [2.24, 2.45) is 5.92 Å². The van der Waals surface area contributed by atoms with Crippen LogP contribution in [-0.2, 0) is 0 Å². The van der Waals surface area contributed by atoms with Gasteiger partial charge in [-0.3, -0.25) is 4.98 Å². The quantitative estimate of drug-likeness (QED) is 0.789. The summed E-state index contributed by atoms with van der Waals surface area (Å²) < 4.78 is 0. The Labute approximate surface area is 118 Å². The van der Waals surface area contributed by atoms with E-state index in [9.17, 15) is 0 Å². The zero-order valence-corrected chi connectivity index (χ0v) is 12.4. The molecule has 2 unspecified atom stereocenters. The lowest BCUT2D eigenvalue weighted by molar-refractivity contribution is 0.393. The lowest BCUT2D eigenvalue weighted by Crippen LogP contribution is -2.31. The Balaban J connectivity index is 1.83. The number of nitrogens with one attached hydrogen (secondary N) is 1. The Bertz CT molecular complexity index is 350. The fourth-order valence-electron chi connectivity index (χ4n) is 3.34. The van der Waals surface area contributed by atoms with Gasteiger partial charge in [-0.1, -0.05) is 32.6 Å². The minimum Gasteiger partial charge on any atom is -0.307 e. The number of hydrogen-bond donors (Lipinski definition) is 1. The van der Waals surface area contributed by atoms with Crippen molar-refractivity contribution < 1.29 is 0 Å². The van der Waals surface area contributed by atoms with Gasteiger partial charge in [-0.15, -0.1) is 0 Å². The molecule has 0 aromatic carbocycles. The molecular formula is C17H28N2. The molecule has 1 aromatic heterocycles. The van der Waals surface area contributed by atoms with Crippen LogP contribution in [0.4, 0.5) is 0 Å². The van der Waals surface area contributed by atoms with Crippen molar-refractivity contribution in [1.29, 1.82) is 0 Å². The van der Waals surface area contributed by atoms with E-state index < -0.39 is 0 Å².